The Labute approximate surface area is 155 Å². The molecule has 0 aliphatic carbocycles. The maximum atomic E-state index is 12.4. The Bertz CT molecular complexity index is 908. The average molecular weight is 429 g/mol. The van der Waals surface area contributed by atoms with Crippen LogP contribution >= 0.6 is 15.9 Å². The molecule has 0 unspecified atom stereocenters. The SMILES string of the molecule is CC(C)N(C)S(=O)(=O)c1ccc(CNc2cnn(C)c(=O)c2Br)cc1. The number of rotatable bonds is 6. The summed E-state index contributed by atoms with van der Waals surface area (Å²) in [5.41, 5.74) is 1.24. The Hall–Kier alpha value is -1.71. The summed E-state index contributed by atoms with van der Waals surface area (Å²) in [5, 5.41) is 7.07. The van der Waals surface area contributed by atoms with Crippen molar-refractivity contribution in [1.82, 2.24) is 14.1 Å². The summed E-state index contributed by atoms with van der Waals surface area (Å²) in [4.78, 5) is 12.1. The number of halogens is 1. The highest BCUT2D eigenvalue weighted by molar-refractivity contribution is 9.10. The van der Waals surface area contributed by atoms with E-state index < -0.39 is 10.0 Å². The van der Waals surface area contributed by atoms with Crippen molar-refractivity contribution in [2.75, 3.05) is 12.4 Å². The number of aromatic nitrogens is 2. The van der Waals surface area contributed by atoms with Crippen molar-refractivity contribution in [2.45, 2.75) is 31.3 Å². The number of hydrogen-bond donors (Lipinski definition) is 1. The predicted molar refractivity (Wildman–Crippen MR) is 101 cm³/mol. The van der Waals surface area contributed by atoms with E-state index in [-0.39, 0.29) is 16.5 Å². The third-order valence-corrected chi connectivity index (χ3v) is 6.70. The topological polar surface area (TPSA) is 84.3 Å². The quantitative estimate of drug-likeness (QED) is 0.761. The monoisotopic (exact) mass is 428 g/mol. The Balaban J connectivity index is 2.14. The van der Waals surface area contributed by atoms with E-state index in [0.29, 0.717) is 16.7 Å². The van der Waals surface area contributed by atoms with E-state index in [0.717, 1.165) is 5.56 Å². The molecule has 0 radical (unpaired) electrons. The number of aryl methyl sites for hydroxylation is 1. The highest BCUT2D eigenvalue weighted by Crippen LogP contribution is 2.19. The fourth-order valence-corrected chi connectivity index (χ4v) is 3.92. The van der Waals surface area contributed by atoms with Gasteiger partial charge in [-0.1, -0.05) is 12.1 Å². The molecule has 0 fully saturated rings. The molecule has 2 aromatic rings. The second-order valence-electron chi connectivity index (χ2n) is 5.91. The molecule has 1 aromatic heterocycles. The largest absolute Gasteiger partial charge is 0.379 e. The number of hydrogen-bond acceptors (Lipinski definition) is 5. The maximum absolute atomic E-state index is 12.4. The number of anilines is 1. The van der Waals surface area contributed by atoms with Crippen LogP contribution in [0, 0.1) is 0 Å². The van der Waals surface area contributed by atoms with E-state index in [1.165, 1.54) is 8.99 Å². The fourth-order valence-electron chi connectivity index (χ4n) is 2.05. The molecule has 2 rings (SSSR count). The van der Waals surface area contributed by atoms with E-state index in [4.69, 9.17) is 0 Å². The van der Waals surface area contributed by atoms with Crippen LogP contribution in [0.3, 0.4) is 0 Å². The molecule has 7 nitrogen and oxygen atoms in total. The van der Waals surface area contributed by atoms with Gasteiger partial charge in [-0.05, 0) is 47.5 Å². The Morgan fingerprint density at radius 2 is 1.88 bits per heavy atom. The van der Waals surface area contributed by atoms with Gasteiger partial charge in [0, 0.05) is 26.7 Å². The van der Waals surface area contributed by atoms with Crippen LogP contribution in [0.5, 0.6) is 0 Å². The molecule has 0 bridgehead atoms. The molecule has 0 atom stereocenters. The first-order valence-corrected chi connectivity index (χ1v) is 9.90. The van der Waals surface area contributed by atoms with Gasteiger partial charge in [-0.25, -0.2) is 13.1 Å². The standard InChI is InChI=1S/C16H21BrN4O3S/c1-11(2)21(4)25(23,24)13-7-5-12(6-8-13)9-18-14-10-19-20(3)16(22)15(14)17/h5-8,10-11,18H,9H2,1-4H3. The van der Waals surface area contributed by atoms with Gasteiger partial charge in [0.15, 0.2) is 0 Å². The summed E-state index contributed by atoms with van der Waals surface area (Å²) in [7, 11) is -0.349. The first kappa shape index (κ1) is 19.6. The highest BCUT2D eigenvalue weighted by Gasteiger charge is 2.22. The molecule has 0 spiro atoms. The molecule has 0 aliphatic rings. The summed E-state index contributed by atoms with van der Waals surface area (Å²) < 4.78 is 27.9. The van der Waals surface area contributed by atoms with Gasteiger partial charge in [0.2, 0.25) is 10.0 Å². The number of nitrogens with zero attached hydrogens (tertiary/aromatic N) is 3. The van der Waals surface area contributed by atoms with Crippen molar-refractivity contribution in [3.8, 4) is 0 Å². The minimum Gasteiger partial charge on any atom is -0.379 e. The molecule has 0 saturated carbocycles. The summed E-state index contributed by atoms with van der Waals surface area (Å²) >= 11 is 3.25. The Morgan fingerprint density at radius 1 is 1.28 bits per heavy atom. The van der Waals surface area contributed by atoms with Crippen molar-refractivity contribution in [3.05, 3.63) is 50.9 Å². The fraction of sp³-hybridized carbons (Fsp3) is 0.375. The third kappa shape index (κ3) is 4.28. The van der Waals surface area contributed by atoms with Crippen molar-refractivity contribution in [3.63, 3.8) is 0 Å². The van der Waals surface area contributed by atoms with Crippen molar-refractivity contribution in [1.29, 1.82) is 0 Å². The molecule has 25 heavy (non-hydrogen) atoms. The molecule has 136 valence electrons. The normalized spacial score (nSPS) is 12.0. The zero-order valence-corrected chi connectivity index (χ0v) is 16.9. The van der Waals surface area contributed by atoms with Crippen LogP contribution in [-0.2, 0) is 23.6 Å². The summed E-state index contributed by atoms with van der Waals surface area (Å²) in [6.45, 7) is 4.09. The van der Waals surface area contributed by atoms with Crippen LogP contribution in [0.4, 0.5) is 5.69 Å². The number of sulfonamides is 1. The molecule has 9 heteroatoms. The second-order valence-corrected chi connectivity index (χ2v) is 8.70. The Kier molecular flexibility index (Phi) is 6.02. The zero-order valence-electron chi connectivity index (χ0n) is 14.5. The first-order valence-electron chi connectivity index (χ1n) is 7.67. The molecular formula is C16H21BrN4O3S. The van der Waals surface area contributed by atoms with E-state index in [9.17, 15) is 13.2 Å². The van der Waals surface area contributed by atoms with Gasteiger partial charge in [0.1, 0.15) is 4.47 Å². The van der Waals surface area contributed by atoms with Crippen LogP contribution in [-0.4, -0.2) is 35.6 Å². The lowest BCUT2D eigenvalue weighted by atomic mass is 10.2. The number of benzene rings is 1. The summed E-state index contributed by atoms with van der Waals surface area (Å²) in [5.74, 6) is 0. The molecule has 0 aliphatic heterocycles. The molecule has 0 saturated heterocycles. The van der Waals surface area contributed by atoms with Crippen molar-refractivity contribution >= 4 is 31.6 Å². The van der Waals surface area contributed by atoms with Crippen LogP contribution in [0.25, 0.3) is 0 Å². The van der Waals surface area contributed by atoms with Gasteiger partial charge >= 0.3 is 0 Å². The van der Waals surface area contributed by atoms with Gasteiger partial charge in [-0.3, -0.25) is 4.79 Å². The van der Waals surface area contributed by atoms with Gasteiger partial charge in [0.05, 0.1) is 16.8 Å². The van der Waals surface area contributed by atoms with E-state index in [2.05, 4.69) is 26.3 Å². The van der Waals surface area contributed by atoms with Crippen LogP contribution in [0.1, 0.15) is 19.4 Å². The lowest BCUT2D eigenvalue weighted by molar-refractivity contribution is 0.410. The first-order chi connectivity index (χ1) is 11.6. The highest BCUT2D eigenvalue weighted by atomic mass is 79.9. The smallest absolute Gasteiger partial charge is 0.282 e. The van der Waals surface area contributed by atoms with Gasteiger partial charge in [0.25, 0.3) is 5.56 Å². The molecule has 1 aromatic carbocycles. The van der Waals surface area contributed by atoms with Gasteiger partial charge in [-0.2, -0.15) is 9.40 Å². The summed E-state index contributed by atoms with van der Waals surface area (Å²) in [6.07, 6.45) is 1.56. The zero-order chi connectivity index (χ0) is 18.8. The Morgan fingerprint density at radius 3 is 2.44 bits per heavy atom. The molecular weight excluding hydrogens is 408 g/mol. The molecule has 0 amide bonds. The van der Waals surface area contributed by atoms with E-state index in [1.807, 2.05) is 13.8 Å². The minimum absolute atomic E-state index is 0.114. The second kappa shape index (κ2) is 7.67. The van der Waals surface area contributed by atoms with E-state index >= 15 is 0 Å². The van der Waals surface area contributed by atoms with Gasteiger partial charge < -0.3 is 5.32 Å². The average Bonchev–Trinajstić information content (AvgIpc) is 2.58. The maximum Gasteiger partial charge on any atom is 0.282 e. The van der Waals surface area contributed by atoms with Gasteiger partial charge in [-0.15, -0.1) is 0 Å². The molecule has 1 heterocycles. The lowest BCUT2D eigenvalue weighted by Gasteiger charge is -2.21. The van der Waals surface area contributed by atoms with Crippen molar-refractivity contribution in [2.24, 2.45) is 7.05 Å². The predicted octanol–water partition coefficient (Wildman–Crippen LogP) is 2.18. The molecule has 1 N–H and O–H groups in total. The van der Waals surface area contributed by atoms with Crippen LogP contribution in [0.2, 0.25) is 0 Å². The summed E-state index contributed by atoms with van der Waals surface area (Å²) in [6, 6.07) is 6.55. The van der Waals surface area contributed by atoms with Crippen LogP contribution in [0.15, 0.2) is 44.6 Å². The van der Waals surface area contributed by atoms with E-state index in [1.54, 1.807) is 44.6 Å². The van der Waals surface area contributed by atoms with Crippen molar-refractivity contribution < 1.29 is 8.42 Å². The third-order valence-electron chi connectivity index (χ3n) is 3.89. The lowest BCUT2D eigenvalue weighted by Crippen LogP contribution is -2.33. The van der Waals surface area contributed by atoms with Crippen LogP contribution < -0.4 is 10.9 Å². The minimum atomic E-state index is -3.49. The number of nitrogens with one attached hydrogen (secondary N) is 1.